The Labute approximate surface area is 319 Å². The largest absolute Gasteiger partial charge is 0.456 e. The maximum Gasteiger partial charge on any atom is 0.161 e. The van der Waals surface area contributed by atoms with Gasteiger partial charge in [0.05, 0.1) is 11.4 Å². The van der Waals surface area contributed by atoms with Crippen LogP contribution >= 0.6 is 0 Å². The van der Waals surface area contributed by atoms with Gasteiger partial charge >= 0.3 is 0 Å². The Morgan fingerprint density at radius 2 is 1.04 bits per heavy atom. The van der Waals surface area contributed by atoms with Crippen molar-refractivity contribution < 1.29 is 4.42 Å². The maximum atomic E-state index is 6.20. The van der Waals surface area contributed by atoms with E-state index in [1.807, 2.05) is 12.1 Å². The van der Waals surface area contributed by atoms with E-state index < -0.39 is 0 Å². The van der Waals surface area contributed by atoms with Crippen LogP contribution in [0.25, 0.3) is 88.9 Å². The van der Waals surface area contributed by atoms with Gasteiger partial charge in [0.15, 0.2) is 5.82 Å². The van der Waals surface area contributed by atoms with E-state index in [-0.39, 0.29) is 5.41 Å². The highest BCUT2D eigenvalue weighted by molar-refractivity contribution is 6.07. The molecule has 0 bridgehead atoms. The molecule has 1 aliphatic carbocycles. The van der Waals surface area contributed by atoms with Crippen LogP contribution in [0.15, 0.2) is 192 Å². The predicted octanol–water partition coefficient (Wildman–Crippen LogP) is 13.5. The Morgan fingerprint density at radius 3 is 1.93 bits per heavy atom. The van der Waals surface area contributed by atoms with Gasteiger partial charge in [-0.25, -0.2) is 9.97 Å². The first kappa shape index (κ1) is 31.4. The lowest BCUT2D eigenvalue weighted by Crippen LogP contribution is -2.22. The van der Waals surface area contributed by atoms with Crippen LogP contribution in [0, 0.1) is 0 Å². The molecular weight excluding hydrogens is 669 g/mol. The smallest absolute Gasteiger partial charge is 0.161 e. The highest BCUT2D eigenvalue weighted by atomic mass is 16.3. The Bertz CT molecular complexity index is 3120. The molecule has 11 rings (SSSR count). The number of para-hydroxylation sites is 1. The van der Waals surface area contributed by atoms with Crippen LogP contribution in [0.5, 0.6) is 0 Å². The third-order valence-electron chi connectivity index (χ3n) is 11.6. The Kier molecular flexibility index (Phi) is 6.99. The summed E-state index contributed by atoms with van der Waals surface area (Å²) in [5, 5.41) is 4.49. The fraction of sp³-hybridized carbons (Fsp3) is 0.0385. The molecular formula is C52H34N2O. The lowest BCUT2D eigenvalue weighted by atomic mass is 9.74. The van der Waals surface area contributed by atoms with Gasteiger partial charge in [0.1, 0.15) is 11.2 Å². The average Bonchev–Trinajstić information content (AvgIpc) is 3.76. The zero-order valence-electron chi connectivity index (χ0n) is 30.2. The summed E-state index contributed by atoms with van der Waals surface area (Å²) >= 11 is 0. The average molecular weight is 703 g/mol. The summed E-state index contributed by atoms with van der Waals surface area (Å²) in [5.41, 5.74) is 15.0. The Morgan fingerprint density at radius 1 is 0.400 bits per heavy atom. The highest BCUT2D eigenvalue weighted by Gasteiger charge is 2.40. The molecule has 1 atom stereocenters. The minimum Gasteiger partial charge on any atom is -0.456 e. The van der Waals surface area contributed by atoms with Crippen molar-refractivity contribution >= 4 is 32.7 Å². The number of fused-ring (bicyclic) bond motifs is 7. The molecule has 0 saturated heterocycles. The van der Waals surface area contributed by atoms with Gasteiger partial charge in [-0.05, 0) is 87.0 Å². The third-order valence-corrected chi connectivity index (χ3v) is 11.6. The van der Waals surface area contributed by atoms with E-state index in [1.54, 1.807) is 0 Å². The molecule has 0 saturated carbocycles. The van der Waals surface area contributed by atoms with Crippen LogP contribution in [0.3, 0.4) is 0 Å². The molecule has 1 aliphatic rings. The minimum atomic E-state index is -0.319. The highest BCUT2D eigenvalue weighted by Crippen LogP contribution is 2.53. The quantitative estimate of drug-likeness (QED) is 0.179. The normalized spacial score (nSPS) is 14.7. The molecule has 3 heteroatoms. The monoisotopic (exact) mass is 702 g/mol. The lowest BCUT2D eigenvalue weighted by molar-refractivity contribution is 0.669. The van der Waals surface area contributed by atoms with E-state index in [0.717, 1.165) is 71.9 Å². The second kappa shape index (κ2) is 12.2. The van der Waals surface area contributed by atoms with E-state index in [0.29, 0.717) is 5.82 Å². The molecule has 258 valence electrons. The summed E-state index contributed by atoms with van der Waals surface area (Å²) in [6.45, 7) is 2.36. The fourth-order valence-corrected chi connectivity index (χ4v) is 8.86. The molecule has 2 heterocycles. The van der Waals surface area contributed by atoms with E-state index in [9.17, 15) is 0 Å². The summed E-state index contributed by atoms with van der Waals surface area (Å²) in [6, 6.07) is 66.9. The van der Waals surface area contributed by atoms with Crippen LogP contribution < -0.4 is 0 Å². The first-order valence-electron chi connectivity index (χ1n) is 18.8. The van der Waals surface area contributed by atoms with Crippen LogP contribution in [0.1, 0.15) is 23.6 Å². The number of furan rings is 1. The fourth-order valence-electron chi connectivity index (χ4n) is 8.86. The van der Waals surface area contributed by atoms with Gasteiger partial charge in [0.25, 0.3) is 0 Å². The van der Waals surface area contributed by atoms with E-state index in [4.69, 9.17) is 14.4 Å². The van der Waals surface area contributed by atoms with Crippen molar-refractivity contribution in [2.24, 2.45) is 0 Å². The molecule has 55 heavy (non-hydrogen) atoms. The molecule has 10 aromatic rings. The van der Waals surface area contributed by atoms with Gasteiger partial charge in [0.2, 0.25) is 0 Å². The van der Waals surface area contributed by atoms with Gasteiger partial charge < -0.3 is 4.42 Å². The van der Waals surface area contributed by atoms with Gasteiger partial charge in [-0.2, -0.15) is 0 Å². The third kappa shape index (κ3) is 4.90. The maximum absolute atomic E-state index is 6.20. The Balaban J connectivity index is 1.14. The Hall–Kier alpha value is -7.10. The number of hydrogen-bond acceptors (Lipinski definition) is 3. The molecule has 0 spiro atoms. The number of nitrogens with zero attached hydrogens (tertiary/aromatic N) is 2. The lowest BCUT2D eigenvalue weighted by Gasteiger charge is -2.28. The van der Waals surface area contributed by atoms with Crippen molar-refractivity contribution in [2.75, 3.05) is 0 Å². The minimum absolute atomic E-state index is 0.319. The first-order valence-corrected chi connectivity index (χ1v) is 18.8. The van der Waals surface area contributed by atoms with E-state index in [2.05, 4.69) is 183 Å². The number of benzene rings is 8. The van der Waals surface area contributed by atoms with Gasteiger partial charge in [0, 0.05) is 32.9 Å². The number of aromatic nitrogens is 2. The van der Waals surface area contributed by atoms with Crippen LogP contribution in [-0.2, 0) is 5.41 Å². The second-order valence-corrected chi connectivity index (χ2v) is 14.6. The van der Waals surface area contributed by atoms with Gasteiger partial charge in [-0.15, -0.1) is 0 Å². The topological polar surface area (TPSA) is 38.9 Å². The van der Waals surface area contributed by atoms with Crippen molar-refractivity contribution in [3.63, 3.8) is 0 Å². The first-order chi connectivity index (χ1) is 27.1. The molecule has 1 unspecified atom stereocenters. The molecule has 0 aliphatic heterocycles. The summed E-state index contributed by atoms with van der Waals surface area (Å²) in [6.07, 6.45) is 0. The van der Waals surface area contributed by atoms with Crippen LogP contribution in [-0.4, -0.2) is 9.97 Å². The van der Waals surface area contributed by atoms with Crippen molar-refractivity contribution in [3.8, 4) is 56.2 Å². The number of rotatable bonds is 5. The van der Waals surface area contributed by atoms with Crippen LogP contribution in [0.2, 0.25) is 0 Å². The SMILES string of the molecule is CC1(c2ccccc2)c2ccccc2-c2ccc(-c3cc(-c4ccccc4-c4ccc5oc6ccccc6c5c4)nc(-c4cccc5ccccc45)n3)cc21. The van der Waals surface area contributed by atoms with Crippen molar-refractivity contribution in [1.82, 2.24) is 9.97 Å². The standard InChI is InChI=1S/C52H34N2O/c1-52(36-16-3-2-4-17-36)45-24-11-9-20-39(45)40-28-26-35(31-46(40)52)47-32-48(54-51(53-47)43-23-13-15-33-14-5-6-18-37(33)43)41-21-8-7-19-38(41)34-27-29-50-44(30-34)42-22-10-12-25-49(42)55-50/h2-32H,1H3. The summed E-state index contributed by atoms with van der Waals surface area (Å²) in [4.78, 5) is 10.8. The summed E-state index contributed by atoms with van der Waals surface area (Å²) in [7, 11) is 0. The molecule has 2 aromatic heterocycles. The predicted molar refractivity (Wildman–Crippen MR) is 226 cm³/mol. The molecule has 3 nitrogen and oxygen atoms in total. The summed E-state index contributed by atoms with van der Waals surface area (Å²) in [5.74, 6) is 0.699. The molecule has 0 fully saturated rings. The van der Waals surface area contributed by atoms with E-state index in [1.165, 1.54) is 27.8 Å². The van der Waals surface area contributed by atoms with Gasteiger partial charge in [-0.1, -0.05) is 158 Å². The van der Waals surface area contributed by atoms with Crippen molar-refractivity contribution in [1.29, 1.82) is 0 Å². The second-order valence-electron chi connectivity index (χ2n) is 14.6. The van der Waals surface area contributed by atoms with Crippen LogP contribution in [0.4, 0.5) is 0 Å². The van der Waals surface area contributed by atoms with Crippen molar-refractivity contribution in [3.05, 3.63) is 205 Å². The molecule has 0 amide bonds. The zero-order valence-corrected chi connectivity index (χ0v) is 30.2. The zero-order chi connectivity index (χ0) is 36.5. The molecule has 8 aromatic carbocycles. The molecule has 0 N–H and O–H groups in total. The van der Waals surface area contributed by atoms with E-state index >= 15 is 0 Å². The number of hydrogen-bond donors (Lipinski definition) is 0. The van der Waals surface area contributed by atoms with Crippen molar-refractivity contribution in [2.45, 2.75) is 12.3 Å². The van der Waals surface area contributed by atoms with Gasteiger partial charge in [-0.3, -0.25) is 0 Å². The molecule has 0 radical (unpaired) electrons. The summed E-state index contributed by atoms with van der Waals surface area (Å²) < 4.78 is 6.20.